The lowest BCUT2D eigenvalue weighted by Crippen LogP contribution is -2.02. The van der Waals surface area contributed by atoms with Gasteiger partial charge in [-0.15, -0.1) is 0 Å². The quantitative estimate of drug-likeness (QED) is 0.742. The molecule has 0 aromatic heterocycles. The van der Waals surface area contributed by atoms with E-state index in [9.17, 15) is 5.11 Å². The number of aliphatic hydroxyl groups is 1. The van der Waals surface area contributed by atoms with E-state index in [1.807, 2.05) is 12.1 Å². The molecule has 0 radical (unpaired) electrons. The predicted molar refractivity (Wildman–Crippen MR) is 65.6 cm³/mol. The summed E-state index contributed by atoms with van der Waals surface area (Å²) < 4.78 is 15.3. The zero-order valence-electron chi connectivity index (χ0n) is 10.6. The van der Waals surface area contributed by atoms with E-state index in [0.717, 1.165) is 17.7 Å². The molecule has 17 heavy (non-hydrogen) atoms. The first-order valence-electron chi connectivity index (χ1n) is 5.61. The van der Waals surface area contributed by atoms with Gasteiger partial charge in [-0.1, -0.05) is 0 Å². The molecule has 0 saturated heterocycles. The van der Waals surface area contributed by atoms with Gasteiger partial charge in [-0.3, -0.25) is 0 Å². The standard InChI is InChI=1S/C13H20O4/c1-15-8-4-5-12(14)11-7-6-10(16-2)9-13(11)17-3/h6-7,9,12,14H,4-5,8H2,1-3H3. The fraction of sp³-hybridized carbons (Fsp3) is 0.538. The summed E-state index contributed by atoms with van der Waals surface area (Å²) in [6.07, 6.45) is 0.926. The maximum absolute atomic E-state index is 10.0. The number of aliphatic hydroxyl groups excluding tert-OH is 1. The zero-order valence-corrected chi connectivity index (χ0v) is 10.6. The highest BCUT2D eigenvalue weighted by Gasteiger charge is 2.13. The Morgan fingerprint density at radius 1 is 1.18 bits per heavy atom. The van der Waals surface area contributed by atoms with Crippen LogP contribution in [0.15, 0.2) is 18.2 Å². The van der Waals surface area contributed by atoms with Crippen molar-refractivity contribution in [3.8, 4) is 11.5 Å². The Morgan fingerprint density at radius 3 is 2.53 bits per heavy atom. The fourth-order valence-electron chi connectivity index (χ4n) is 1.67. The van der Waals surface area contributed by atoms with E-state index in [1.165, 1.54) is 0 Å². The summed E-state index contributed by atoms with van der Waals surface area (Å²) in [6.45, 7) is 0.648. The van der Waals surface area contributed by atoms with E-state index in [0.29, 0.717) is 18.8 Å². The van der Waals surface area contributed by atoms with E-state index in [2.05, 4.69) is 0 Å². The second kappa shape index (κ2) is 7.14. The molecule has 0 amide bonds. The SMILES string of the molecule is COCCCC(O)c1ccc(OC)cc1OC. The molecule has 0 spiro atoms. The normalized spacial score (nSPS) is 12.2. The minimum atomic E-state index is -0.536. The third-order valence-electron chi connectivity index (χ3n) is 2.63. The highest BCUT2D eigenvalue weighted by molar-refractivity contribution is 5.41. The molecule has 1 aromatic rings. The van der Waals surface area contributed by atoms with E-state index in [1.54, 1.807) is 27.4 Å². The molecule has 0 aliphatic rings. The Balaban J connectivity index is 2.74. The van der Waals surface area contributed by atoms with Crippen LogP contribution in [-0.2, 0) is 4.74 Å². The molecular weight excluding hydrogens is 220 g/mol. The number of rotatable bonds is 7. The Morgan fingerprint density at radius 2 is 1.94 bits per heavy atom. The maximum Gasteiger partial charge on any atom is 0.128 e. The summed E-state index contributed by atoms with van der Waals surface area (Å²) in [4.78, 5) is 0. The molecule has 0 fully saturated rings. The van der Waals surface area contributed by atoms with Gasteiger partial charge in [0.15, 0.2) is 0 Å². The van der Waals surface area contributed by atoms with Gasteiger partial charge in [0.05, 0.1) is 20.3 Å². The van der Waals surface area contributed by atoms with Gasteiger partial charge in [0.1, 0.15) is 11.5 Å². The Kier molecular flexibility index (Phi) is 5.80. The number of ether oxygens (including phenoxy) is 3. The van der Waals surface area contributed by atoms with Crippen molar-refractivity contribution in [3.63, 3.8) is 0 Å². The van der Waals surface area contributed by atoms with E-state index in [4.69, 9.17) is 14.2 Å². The largest absolute Gasteiger partial charge is 0.497 e. The van der Waals surface area contributed by atoms with Gasteiger partial charge in [0.25, 0.3) is 0 Å². The van der Waals surface area contributed by atoms with Crippen LogP contribution in [0.5, 0.6) is 11.5 Å². The lowest BCUT2D eigenvalue weighted by atomic mass is 10.0. The van der Waals surface area contributed by atoms with Crippen molar-refractivity contribution >= 4 is 0 Å². The molecule has 0 heterocycles. The Labute approximate surface area is 102 Å². The second-order valence-corrected chi connectivity index (χ2v) is 3.76. The van der Waals surface area contributed by atoms with Crippen molar-refractivity contribution < 1.29 is 19.3 Å². The van der Waals surface area contributed by atoms with Gasteiger partial charge in [-0.25, -0.2) is 0 Å². The molecule has 1 rings (SSSR count). The summed E-state index contributed by atoms with van der Waals surface area (Å²) >= 11 is 0. The molecular formula is C13H20O4. The molecule has 0 aliphatic heterocycles. The average molecular weight is 240 g/mol. The monoisotopic (exact) mass is 240 g/mol. The average Bonchev–Trinajstić information content (AvgIpc) is 2.38. The van der Waals surface area contributed by atoms with Crippen molar-refractivity contribution in [2.24, 2.45) is 0 Å². The van der Waals surface area contributed by atoms with Gasteiger partial charge < -0.3 is 19.3 Å². The molecule has 1 unspecified atom stereocenters. The van der Waals surface area contributed by atoms with Crippen LogP contribution >= 0.6 is 0 Å². The lowest BCUT2D eigenvalue weighted by Gasteiger charge is -2.15. The molecule has 0 saturated carbocycles. The molecule has 1 N–H and O–H groups in total. The van der Waals surface area contributed by atoms with Crippen LogP contribution < -0.4 is 9.47 Å². The molecule has 1 atom stereocenters. The molecule has 4 nitrogen and oxygen atoms in total. The summed E-state index contributed by atoms with van der Waals surface area (Å²) in [6, 6.07) is 5.42. The minimum Gasteiger partial charge on any atom is -0.497 e. The van der Waals surface area contributed by atoms with Crippen LogP contribution in [0.2, 0.25) is 0 Å². The van der Waals surface area contributed by atoms with Crippen LogP contribution in [0.4, 0.5) is 0 Å². The third-order valence-corrected chi connectivity index (χ3v) is 2.63. The first-order chi connectivity index (χ1) is 8.22. The highest BCUT2D eigenvalue weighted by Crippen LogP contribution is 2.31. The van der Waals surface area contributed by atoms with Gasteiger partial charge in [-0.05, 0) is 25.0 Å². The van der Waals surface area contributed by atoms with Gasteiger partial charge in [0, 0.05) is 25.3 Å². The maximum atomic E-state index is 10.0. The van der Waals surface area contributed by atoms with Gasteiger partial charge >= 0.3 is 0 Å². The third kappa shape index (κ3) is 3.91. The van der Waals surface area contributed by atoms with Crippen molar-refractivity contribution in [2.45, 2.75) is 18.9 Å². The molecule has 96 valence electrons. The van der Waals surface area contributed by atoms with Crippen LogP contribution in [-0.4, -0.2) is 33.0 Å². The van der Waals surface area contributed by atoms with E-state index >= 15 is 0 Å². The summed E-state index contributed by atoms with van der Waals surface area (Å²) in [5, 5.41) is 10.0. The second-order valence-electron chi connectivity index (χ2n) is 3.76. The summed E-state index contributed by atoms with van der Waals surface area (Å²) in [5.74, 6) is 1.36. The van der Waals surface area contributed by atoms with Crippen LogP contribution in [0.1, 0.15) is 24.5 Å². The highest BCUT2D eigenvalue weighted by atomic mass is 16.5. The molecule has 1 aromatic carbocycles. The topological polar surface area (TPSA) is 47.9 Å². The van der Waals surface area contributed by atoms with Crippen molar-refractivity contribution in [3.05, 3.63) is 23.8 Å². The Hall–Kier alpha value is -1.26. The number of methoxy groups -OCH3 is 3. The molecule has 0 aliphatic carbocycles. The van der Waals surface area contributed by atoms with Crippen molar-refractivity contribution in [1.29, 1.82) is 0 Å². The van der Waals surface area contributed by atoms with Crippen molar-refractivity contribution in [1.82, 2.24) is 0 Å². The lowest BCUT2D eigenvalue weighted by molar-refractivity contribution is 0.134. The summed E-state index contributed by atoms with van der Waals surface area (Å²) in [7, 11) is 4.84. The van der Waals surface area contributed by atoms with Crippen LogP contribution in [0.3, 0.4) is 0 Å². The predicted octanol–water partition coefficient (Wildman–Crippen LogP) is 2.16. The van der Waals surface area contributed by atoms with E-state index in [-0.39, 0.29) is 0 Å². The molecule has 0 bridgehead atoms. The number of benzene rings is 1. The van der Waals surface area contributed by atoms with E-state index < -0.39 is 6.10 Å². The summed E-state index contributed by atoms with van der Waals surface area (Å²) in [5.41, 5.74) is 0.782. The number of hydrogen-bond donors (Lipinski definition) is 1. The minimum absolute atomic E-state index is 0.536. The molecule has 4 heteroatoms. The smallest absolute Gasteiger partial charge is 0.128 e. The van der Waals surface area contributed by atoms with Crippen molar-refractivity contribution in [2.75, 3.05) is 27.9 Å². The zero-order chi connectivity index (χ0) is 12.7. The van der Waals surface area contributed by atoms with Crippen LogP contribution in [0, 0.1) is 0 Å². The first kappa shape index (κ1) is 13.8. The number of hydrogen-bond acceptors (Lipinski definition) is 4. The van der Waals surface area contributed by atoms with Gasteiger partial charge in [0.2, 0.25) is 0 Å². The van der Waals surface area contributed by atoms with Crippen LogP contribution in [0.25, 0.3) is 0 Å². The fourth-order valence-corrected chi connectivity index (χ4v) is 1.67. The first-order valence-corrected chi connectivity index (χ1v) is 5.61. The van der Waals surface area contributed by atoms with Gasteiger partial charge in [-0.2, -0.15) is 0 Å². The Bertz CT molecular complexity index is 338.